The molecule has 6 heteroatoms. The minimum absolute atomic E-state index is 0.0292. The van der Waals surface area contributed by atoms with E-state index in [2.05, 4.69) is 4.90 Å². The maximum Gasteiger partial charge on any atom is 0.217 e. The zero-order valence-corrected chi connectivity index (χ0v) is 15.8. The summed E-state index contributed by atoms with van der Waals surface area (Å²) in [6, 6.07) is 3.44. The first-order valence-corrected chi connectivity index (χ1v) is 10.1. The van der Waals surface area contributed by atoms with Crippen molar-refractivity contribution in [3.8, 4) is 5.75 Å². The van der Waals surface area contributed by atoms with E-state index >= 15 is 0 Å². The molecule has 150 valence electrons. The van der Waals surface area contributed by atoms with Gasteiger partial charge in [-0.2, -0.15) is 0 Å². The van der Waals surface area contributed by atoms with Crippen LogP contribution in [0.1, 0.15) is 51.4 Å². The van der Waals surface area contributed by atoms with Gasteiger partial charge in [-0.05, 0) is 56.2 Å². The molecule has 0 spiro atoms. The van der Waals surface area contributed by atoms with Crippen molar-refractivity contribution in [1.82, 2.24) is 4.90 Å². The number of carbonyl (C=O) groups is 1. The Morgan fingerprint density at radius 1 is 1.11 bits per heavy atom. The van der Waals surface area contributed by atoms with Gasteiger partial charge in [-0.1, -0.05) is 19.3 Å². The summed E-state index contributed by atoms with van der Waals surface area (Å²) in [5, 5.41) is 0. The van der Waals surface area contributed by atoms with Gasteiger partial charge >= 0.3 is 0 Å². The Labute approximate surface area is 160 Å². The second kappa shape index (κ2) is 9.49. The molecule has 2 aliphatic rings. The van der Waals surface area contributed by atoms with Crippen molar-refractivity contribution < 1.29 is 18.3 Å². The fourth-order valence-corrected chi connectivity index (χ4v) is 4.54. The van der Waals surface area contributed by atoms with Gasteiger partial charge in [0.1, 0.15) is 11.9 Å². The van der Waals surface area contributed by atoms with Crippen LogP contribution in [-0.2, 0) is 4.79 Å². The lowest BCUT2D eigenvalue weighted by molar-refractivity contribution is -0.119. The van der Waals surface area contributed by atoms with E-state index in [0.29, 0.717) is 18.3 Å². The Bertz CT molecular complexity index is 633. The van der Waals surface area contributed by atoms with E-state index in [1.54, 1.807) is 0 Å². The topological polar surface area (TPSA) is 55.6 Å². The first kappa shape index (κ1) is 20.1. The Balaban J connectivity index is 1.42. The molecule has 1 aromatic carbocycles. The van der Waals surface area contributed by atoms with E-state index < -0.39 is 11.6 Å². The summed E-state index contributed by atoms with van der Waals surface area (Å²) in [6.07, 6.45) is 8.04. The molecule has 1 aliphatic carbocycles. The molecule has 1 aromatic rings. The third kappa shape index (κ3) is 5.89. The molecule has 2 atom stereocenters. The Morgan fingerprint density at radius 2 is 1.81 bits per heavy atom. The van der Waals surface area contributed by atoms with Crippen molar-refractivity contribution in [3.05, 3.63) is 29.8 Å². The van der Waals surface area contributed by atoms with Crippen LogP contribution < -0.4 is 10.5 Å². The summed E-state index contributed by atoms with van der Waals surface area (Å²) in [7, 11) is 0. The Morgan fingerprint density at radius 3 is 2.48 bits per heavy atom. The minimum atomic E-state index is -0.643. The van der Waals surface area contributed by atoms with E-state index in [-0.39, 0.29) is 17.8 Å². The quantitative estimate of drug-likeness (QED) is 0.781. The van der Waals surface area contributed by atoms with Gasteiger partial charge in [0.05, 0.1) is 0 Å². The summed E-state index contributed by atoms with van der Waals surface area (Å²) in [4.78, 5) is 13.7. The highest BCUT2D eigenvalue weighted by Gasteiger charge is 2.28. The number of rotatable bonds is 7. The van der Waals surface area contributed by atoms with Crippen molar-refractivity contribution in [2.45, 2.75) is 57.5 Å². The highest BCUT2D eigenvalue weighted by molar-refractivity contribution is 5.74. The van der Waals surface area contributed by atoms with Crippen LogP contribution in [0.4, 0.5) is 8.78 Å². The first-order chi connectivity index (χ1) is 13.0. The van der Waals surface area contributed by atoms with Crippen LogP contribution in [0, 0.1) is 23.5 Å². The highest BCUT2D eigenvalue weighted by atomic mass is 19.1. The lowest BCUT2D eigenvalue weighted by Crippen LogP contribution is -2.40. The van der Waals surface area contributed by atoms with Crippen LogP contribution in [0.25, 0.3) is 0 Å². The van der Waals surface area contributed by atoms with Gasteiger partial charge in [-0.3, -0.25) is 4.79 Å². The van der Waals surface area contributed by atoms with E-state index in [4.69, 9.17) is 10.5 Å². The van der Waals surface area contributed by atoms with Crippen LogP contribution in [0.15, 0.2) is 18.2 Å². The summed E-state index contributed by atoms with van der Waals surface area (Å²) >= 11 is 0. The predicted octanol–water partition coefficient (Wildman–Crippen LogP) is 3.88. The number of halogens is 2. The number of primary amides is 1. The largest absolute Gasteiger partial charge is 0.487 e. The molecule has 0 bridgehead atoms. The Hall–Kier alpha value is -1.69. The van der Waals surface area contributed by atoms with Crippen molar-refractivity contribution in [3.63, 3.8) is 0 Å². The lowest BCUT2D eigenvalue weighted by atomic mass is 9.75. The number of amides is 1. The second-order valence-electron chi connectivity index (χ2n) is 8.00. The summed E-state index contributed by atoms with van der Waals surface area (Å²) in [6.45, 7) is 2.86. The van der Waals surface area contributed by atoms with Gasteiger partial charge < -0.3 is 15.4 Å². The third-order valence-corrected chi connectivity index (χ3v) is 6.07. The Kier molecular flexibility index (Phi) is 7.05. The van der Waals surface area contributed by atoms with Crippen LogP contribution in [0.2, 0.25) is 0 Å². The van der Waals surface area contributed by atoms with Gasteiger partial charge in [0, 0.05) is 25.6 Å². The smallest absolute Gasteiger partial charge is 0.217 e. The molecule has 3 rings (SSSR count). The molecule has 1 saturated heterocycles. The summed E-state index contributed by atoms with van der Waals surface area (Å²) in [5.41, 5.74) is 5.41. The number of nitrogens with two attached hydrogens (primary N) is 1. The molecular weight excluding hydrogens is 350 g/mol. The van der Waals surface area contributed by atoms with Crippen molar-refractivity contribution in [2.75, 3.05) is 19.6 Å². The van der Waals surface area contributed by atoms with E-state index in [0.717, 1.165) is 51.4 Å². The molecule has 4 nitrogen and oxygen atoms in total. The third-order valence-electron chi connectivity index (χ3n) is 6.07. The van der Waals surface area contributed by atoms with Crippen LogP contribution in [-0.4, -0.2) is 36.5 Å². The molecule has 2 N–H and O–H groups in total. The zero-order chi connectivity index (χ0) is 19.2. The number of benzene rings is 1. The SMILES string of the molecule is NC(=O)CC1CCCCC1CCN1CCC(Oc2ccc(F)cc2F)CC1. The second-order valence-corrected chi connectivity index (χ2v) is 8.00. The van der Waals surface area contributed by atoms with Crippen LogP contribution >= 0.6 is 0 Å². The molecule has 27 heavy (non-hydrogen) atoms. The van der Waals surface area contributed by atoms with Crippen molar-refractivity contribution in [1.29, 1.82) is 0 Å². The van der Waals surface area contributed by atoms with Gasteiger partial charge in [0.15, 0.2) is 11.6 Å². The van der Waals surface area contributed by atoms with Crippen molar-refractivity contribution in [2.24, 2.45) is 17.6 Å². The average molecular weight is 380 g/mol. The van der Waals surface area contributed by atoms with Gasteiger partial charge in [0.2, 0.25) is 5.91 Å². The number of ether oxygens (including phenoxy) is 1. The summed E-state index contributed by atoms with van der Waals surface area (Å²) < 4.78 is 32.4. The fraction of sp³-hybridized carbons (Fsp3) is 0.667. The molecule has 2 unspecified atom stereocenters. The first-order valence-electron chi connectivity index (χ1n) is 10.1. The number of hydrogen-bond donors (Lipinski definition) is 1. The number of piperidine rings is 1. The van der Waals surface area contributed by atoms with Crippen LogP contribution in [0.3, 0.4) is 0 Å². The number of hydrogen-bond acceptors (Lipinski definition) is 3. The van der Waals surface area contributed by atoms with Crippen molar-refractivity contribution >= 4 is 5.91 Å². The zero-order valence-electron chi connectivity index (χ0n) is 15.8. The molecular formula is C21H30F2N2O2. The van der Waals surface area contributed by atoms with E-state index in [1.165, 1.54) is 31.4 Å². The summed E-state index contributed by atoms with van der Waals surface area (Å²) in [5.74, 6) is -0.251. The molecule has 1 aliphatic heterocycles. The van der Waals surface area contributed by atoms with Crippen LogP contribution in [0.5, 0.6) is 5.75 Å². The minimum Gasteiger partial charge on any atom is -0.487 e. The average Bonchev–Trinajstić information content (AvgIpc) is 2.64. The normalized spacial score (nSPS) is 24.7. The highest BCUT2D eigenvalue weighted by Crippen LogP contribution is 2.34. The monoisotopic (exact) mass is 380 g/mol. The van der Waals surface area contributed by atoms with Gasteiger partial charge in [0.25, 0.3) is 0 Å². The van der Waals surface area contributed by atoms with Gasteiger partial charge in [-0.15, -0.1) is 0 Å². The maximum atomic E-state index is 13.7. The molecule has 1 amide bonds. The number of likely N-dealkylation sites (tertiary alicyclic amines) is 1. The molecule has 1 heterocycles. The standard InChI is InChI=1S/C21H30F2N2O2/c22-17-5-6-20(19(23)14-17)27-18-8-11-25(12-9-18)10-7-15-3-1-2-4-16(15)13-21(24)26/h5-6,14-16,18H,1-4,7-13H2,(H2,24,26). The molecule has 1 saturated carbocycles. The van der Waals surface area contributed by atoms with E-state index in [9.17, 15) is 13.6 Å². The van der Waals surface area contributed by atoms with Gasteiger partial charge in [-0.25, -0.2) is 8.78 Å². The number of carbonyl (C=O) groups excluding carboxylic acids is 1. The predicted molar refractivity (Wildman–Crippen MR) is 100 cm³/mol. The van der Waals surface area contributed by atoms with E-state index in [1.807, 2.05) is 0 Å². The molecule has 2 fully saturated rings. The molecule has 0 aromatic heterocycles. The fourth-order valence-electron chi connectivity index (χ4n) is 4.54. The maximum absolute atomic E-state index is 13.7. The molecule has 0 radical (unpaired) electrons. The lowest BCUT2D eigenvalue weighted by Gasteiger charge is -2.35. The number of nitrogens with zero attached hydrogens (tertiary/aromatic N) is 1.